The van der Waals surface area contributed by atoms with E-state index in [-0.39, 0.29) is 5.75 Å². The van der Waals surface area contributed by atoms with Crippen LogP contribution in [0.1, 0.15) is 31.7 Å². The van der Waals surface area contributed by atoms with Crippen molar-refractivity contribution in [1.82, 2.24) is 4.90 Å². The molecule has 4 aromatic carbocycles. The molecule has 1 aliphatic rings. The summed E-state index contributed by atoms with van der Waals surface area (Å²) in [7, 11) is 0. The van der Waals surface area contributed by atoms with Gasteiger partial charge >= 0.3 is 0 Å². The van der Waals surface area contributed by atoms with E-state index in [0.29, 0.717) is 0 Å². The molecule has 0 radical (unpaired) electrons. The molecule has 5 rings (SSSR count). The van der Waals surface area contributed by atoms with Crippen molar-refractivity contribution in [2.24, 2.45) is 0 Å². The summed E-state index contributed by atoms with van der Waals surface area (Å²) in [5.74, 6) is 1.19. The Balaban J connectivity index is 1.47. The van der Waals surface area contributed by atoms with Gasteiger partial charge in [0.15, 0.2) is 0 Å². The van der Waals surface area contributed by atoms with Crippen LogP contribution in [0.4, 0.5) is 0 Å². The second-order valence-corrected chi connectivity index (χ2v) is 9.15. The van der Waals surface area contributed by atoms with Gasteiger partial charge in [-0.1, -0.05) is 48.9 Å². The Bertz CT molecular complexity index is 1300. The van der Waals surface area contributed by atoms with Crippen LogP contribution in [0.2, 0.25) is 0 Å². The number of phenolic OH excluding ortho intramolecular Hbond substituents is 1. The van der Waals surface area contributed by atoms with Gasteiger partial charge in [0.25, 0.3) is 0 Å². The SMILES string of the molecule is C=C(C)c1ccc2c(c1)c(-c1ccc(OCCN3CCCCC3)cc1)cc1cc(O)ccc12. The van der Waals surface area contributed by atoms with Gasteiger partial charge in [-0.05, 0) is 107 Å². The van der Waals surface area contributed by atoms with Gasteiger partial charge in [-0.3, -0.25) is 4.90 Å². The molecule has 0 saturated carbocycles. The van der Waals surface area contributed by atoms with Gasteiger partial charge in [0, 0.05) is 6.54 Å². The maximum Gasteiger partial charge on any atom is 0.119 e. The highest BCUT2D eigenvalue weighted by Gasteiger charge is 2.12. The molecule has 0 atom stereocenters. The highest BCUT2D eigenvalue weighted by molar-refractivity contribution is 6.14. The minimum absolute atomic E-state index is 0.281. The van der Waals surface area contributed by atoms with Gasteiger partial charge in [-0.25, -0.2) is 0 Å². The van der Waals surface area contributed by atoms with Crippen molar-refractivity contribution >= 4 is 27.1 Å². The molecule has 0 unspecified atom stereocenters. The van der Waals surface area contributed by atoms with Crippen molar-refractivity contribution in [2.75, 3.05) is 26.2 Å². The monoisotopic (exact) mass is 437 g/mol. The fourth-order valence-electron chi connectivity index (χ4n) is 4.86. The van der Waals surface area contributed by atoms with Gasteiger partial charge in [0.2, 0.25) is 0 Å². The first-order valence-corrected chi connectivity index (χ1v) is 11.9. The summed E-state index contributed by atoms with van der Waals surface area (Å²) in [4.78, 5) is 2.49. The average molecular weight is 438 g/mol. The van der Waals surface area contributed by atoms with Crippen molar-refractivity contribution in [3.8, 4) is 22.6 Å². The summed E-state index contributed by atoms with van der Waals surface area (Å²) in [6.45, 7) is 10.3. The topological polar surface area (TPSA) is 32.7 Å². The standard InChI is InChI=1S/C30H31NO2/c1-21(2)23-8-12-28-27-13-9-25(32)18-24(27)20-29(30(28)19-23)22-6-10-26(11-7-22)33-17-16-31-14-4-3-5-15-31/h6-13,18-20,32H,1,3-5,14-17H2,2H3. The van der Waals surface area contributed by atoms with Crippen molar-refractivity contribution in [2.45, 2.75) is 26.2 Å². The van der Waals surface area contributed by atoms with Crippen LogP contribution in [0.3, 0.4) is 0 Å². The second-order valence-electron chi connectivity index (χ2n) is 9.15. The van der Waals surface area contributed by atoms with Crippen LogP contribution in [0, 0.1) is 0 Å². The molecule has 1 aliphatic heterocycles. The predicted octanol–water partition coefficient (Wildman–Crippen LogP) is 7.26. The highest BCUT2D eigenvalue weighted by atomic mass is 16.5. The fraction of sp³-hybridized carbons (Fsp3) is 0.267. The van der Waals surface area contributed by atoms with Crippen LogP contribution in [0.15, 0.2) is 73.3 Å². The Hall–Kier alpha value is -3.30. The molecule has 33 heavy (non-hydrogen) atoms. The maximum atomic E-state index is 10.1. The van der Waals surface area contributed by atoms with Crippen molar-refractivity contribution in [1.29, 1.82) is 0 Å². The number of likely N-dealkylation sites (tertiary alicyclic amines) is 1. The number of piperidine rings is 1. The van der Waals surface area contributed by atoms with E-state index >= 15 is 0 Å². The third-order valence-electron chi connectivity index (χ3n) is 6.72. The van der Waals surface area contributed by atoms with Gasteiger partial charge in [0.1, 0.15) is 18.1 Å². The van der Waals surface area contributed by atoms with Gasteiger partial charge < -0.3 is 9.84 Å². The minimum atomic E-state index is 0.281. The van der Waals surface area contributed by atoms with Crippen molar-refractivity contribution in [3.63, 3.8) is 0 Å². The van der Waals surface area contributed by atoms with E-state index in [1.54, 1.807) is 6.07 Å². The van der Waals surface area contributed by atoms with Crippen molar-refractivity contribution < 1.29 is 9.84 Å². The van der Waals surface area contributed by atoms with E-state index < -0.39 is 0 Å². The van der Waals surface area contributed by atoms with E-state index in [1.807, 2.05) is 19.1 Å². The number of ether oxygens (including phenoxy) is 1. The van der Waals surface area contributed by atoms with Crippen LogP contribution in [-0.4, -0.2) is 36.2 Å². The molecule has 0 amide bonds. The number of aromatic hydroxyl groups is 1. The third-order valence-corrected chi connectivity index (χ3v) is 6.72. The molecule has 0 bridgehead atoms. The van der Waals surface area contributed by atoms with E-state index in [1.165, 1.54) is 43.1 Å². The van der Waals surface area contributed by atoms with Crippen LogP contribution < -0.4 is 4.74 Å². The average Bonchev–Trinajstić information content (AvgIpc) is 2.84. The maximum absolute atomic E-state index is 10.1. The normalized spacial score (nSPS) is 14.6. The molecule has 3 heteroatoms. The number of hydrogen-bond donors (Lipinski definition) is 1. The van der Waals surface area contributed by atoms with Gasteiger partial charge in [-0.2, -0.15) is 0 Å². The number of nitrogens with zero attached hydrogens (tertiary/aromatic N) is 1. The number of hydrogen-bond acceptors (Lipinski definition) is 3. The number of rotatable bonds is 6. The van der Waals surface area contributed by atoms with Crippen LogP contribution in [0.25, 0.3) is 38.2 Å². The Labute approximate surface area is 195 Å². The molecule has 0 spiro atoms. The molecule has 4 aromatic rings. The molecular formula is C30H31NO2. The van der Waals surface area contributed by atoms with E-state index in [0.717, 1.165) is 51.9 Å². The molecule has 1 fully saturated rings. The molecule has 3 nitrogen and oxygen atoms in total. The zero-order valence-corrected chi connectivity index (χ0v) is 19.3. The van der Waals surface area contributed by atoms with E-state index in [2.05, 4.69) is 60.0 Å². The summed E-state index contributed by atoms with van der Waals surface area (Å²) in [6.07, 6.45) is 3.97. The Morgan fingerprint density at radius 1 is 0.879 bits per heavy atom. The van der Waals surface area contributed by atoms with Crippen LogP contribution in [-0.2, 0) is 0 Å². The number of allylic oxidation sites excluding steroid dienone is 1. The fourth-order valence-corrected chi connectivity index (χ4v) is 4.86. The summed E-state index contributed by atoms with van der Waals surface area (Å²) in [6, 6.07) is 22.7. The predicted molar refractivity (Wildman–Crippen MR) is 139 cm³/mol. The molecule has 0 aromatic heterocycles. The molecular weight excluding hydrogens is 406 g/mol. The lowest BCUT2D eigenvalue weighted by Crippen LogP contribution is -2.33. The molecule has 168 valence electrons. The zero-order chi connectivity index (χ0) is 22.8. The molecule has 1 heterocycles. The lowest BCUT2D eigenvalue weighted by atomic mass is 9.91. The quantitative estimate of drug-likeness (QED) is 0.322. The Morgan fingerprint density at radius 3 is 2.39 bits per heavy atom. The van der Waals surface area contributed by atoms with E-state index in [9.17, 15) is 5.11 Å². The first-order valence-electron chi connectivity index (χ1n) is 11.9. The van der Waals surface area contributed by atoms with Crippen molar-refractivity contribution in [3.05, 3.63) is 78.9 Å². The van der Waals surface area contributed by atoms with Gasteiger partial charge in [-0.15, -0.1) is 0 Å². The van der Waals surface area contributed by atoms with Crippen LogP contribution >= 0.6 is 0 Å². The second kappa shape index (κ2) is 9.29. The summed E-state index contributed by atoms with van der Waals surface area (Å²) in [5.41, 5.74) is 4.46. The number of fused-ring (bicyclic) bond motifs is 3. The zero-order valence-electron chi connectivity index (χ0n) is 19.3. The third kappa shape index (κ3) is 4.60. The van der Waals surface area contributed by atoms with Gasteiger partial charge in [0.05, 0.1) is 0 Å². The van der Waals surface area contributed by atoms with Crippen LogP contribution in [0.5, 0.6) is 11.5 Å². The first kappa shape index (κ1) is 21.5. The summed E-state index contributed by atoms with van der Waals surface area (Å²) >= 11 is 0. The Morgan fingerprint density at radius 2 is 1.64 bits per heavy atom. The lowest BCUT2D eigenvalue weighted by molar-refractivity contribution is 0.183. The molecule has 0 aliphatic carbocycles. The van der Waals surface area contributed by atoms with E-state index in [4.69, 9.17) is 4.74 Å². The summed E-state index contributed by atoms with van der Waals surface area (Å²) in [5, 5.41) is 14.6. The molecule has 1 saturated heterocycles. The smallest absolute Gasteiger partial charge is 0.119 e. The molecule has 1 N–H and O–H groups in total. The lowest BCUT2D eigenvalue weighted by Gasteiger charge is -2.26. The highest BCUT2D eigenvalue weighted by Crippen LogP contribution is 2.37. The minimum Gasteiger partial charge on any atom is -0.508 e. The largest absolute Gasteiger partial charge is 0.508 e. The number of phenols is 1. The summed E-state index contributed by atoms with van der Waals surface area (Å²) < 4.78 is 6.04. The first-order chi connectivity index (χ1) is 16.1. The Kier molecular flexibility index (Phi) is 6.06. The number of benzene rings is 4.